The monoisotopic (exact) mass is 391 g/mol. The van der Waals surface area contributed by atoms with E-state index in [9.17, 15) is 4.79 Å². The Hall–Kier alpha value is -3.32. The van der Waals surface area contributed by atoms with Crippen LogP contribution in [0.3, 0.4) is 0 Å². The molecule has 29 heavy (non-hydrogen) atoms. The molecule has 0 radical (unpaired) electrons. The minimum absolute atomic E-state index is 0.188. The molecule has 1 fully saturated rings. The molecule has 5 rings (SSSR count). The number of fused-ring (bicyclic) bond motifs is 2. The molecule has 2 aliphatic rings. The third-order valence-electron chi connectivity index (χ3n) is 5.35. The van der Waals surface area contributed by atoms with Crippen molar-refractivity contribution in [1.82, 2.24) is 5.32 Å². The van der Waals surface area contributed by atoms with Crippen molar-refractivity contribution in [3.63, 3.8) is 0 Å². The summed E-state index contributed by atoms with van der Waals surface area (Å²) in [4.78, 5) is 19.8. The number of morpholine rings is 1. The number of nitrogens with zero attached hydrogens (tertiary/aromatic N) is 2. The van der Waals surface area contributed by atoms with E-state index in [4.69, 9.17) is 18.9 Å². The molecule has 0 unspecified atom stereocenters. The van der Waals surface area contributed by atoms with Crippen LogP contribution in [0.15, 0.2) is 52.1 Å². The summed E-state index contributed by atoms with van der Waals surface area (Å²) < 4.78 is 16.3. The third-order valence-corrected chi connectivity index (χ3v) is 5.35. The highest BCUT2D eigenvalue weighted by Crippen LogP contribution is 2.42. The first-order chi connectivity index (χ1) is 14.2. The number of nitrogens with one attached hydrogen (secondary N) is 1. The predicted octanol–water partition coefficient (Wildman–Crippen LogP) is 3.29. The highest BCUT2D eigenvalue weighted by molar-refractivity contribution is 6.11. The smallest absolute Gasteiger partial charge is 0.256 e. The Morgan fingerprint density at radius 2 is 2.03 bits per heavy atom. The first-order valence-corrected chi connectivity index (χ1v) is 9.61. The molecular weight excluding hydrogens is 370 g/mol. The molecule has 0 bridgehead atoms. The van der Waals surface area contributed by atoms with Gasteiger partial charge in [0, 0.05) is 36.0 Å². The molecule has 0 spiro atoms. The second-order valence-corrected chi connectivity index (χ2v) is 7.08. The summed E-state index contributed by atoms with van der Waals surface area (Å²) in [5, 5.41) is 3.86. The number of benzene rings is 2. The fraction of sp³-hybridized carbons (Fsp3) is 0.273. The van der Waals surface area contributed by atoms with Gasteiger partial charge in [-0.25, -0.2) is 4.99 Å². The van der Waals surface area contributed by atoms with Gasteiger partial charge in [0.25, 0.3) is 5.91 Å². The van der Waals surface area contributed by atoms with Crippen LogP contribution in [0.4, 0.5) is 11.4 Å². The van der Waals surface area contributed by atoms with Crippen LogP contribution < -0.4 is 15.0 Å². The molecule has 2 aromatic carbocycles. The van der Waals surface area contributed by atoms with Crippen molar-refractivity contribution in [2.45, 2.75) is 6.42 Å². The Morgan fingerprint density at radius 1 is 1.17 bits per heavy atom. The van der Waals surface area contributed by atoms with E-state index in [2.05, 4.69) is 10.2 Å². The van der Waals surface area contributed by atoms with Crippen molar-refractivity contribution < 1.29 is 18.7 Å². The maximum absolute atomic E-state index is 12.8. The van der Waals surface area contributed by atoms with Gasteiger partial charge in [-0.05, 0) is 36.4 Å². The van der Waals surface area contributed by atoms with Crippen LogP contribution in [0.5, 0.6) is 5.75 Å². The lowest BCUT2D eigenvalue weighted by atomic mass is 10.1. The second-order valence-electron chi connectivity index (χ2n) is 7.08. The molecular formula is C22H21N3O4. The largest absolute Gasteiger partial charge is 0.496 e. The summed E-state index contributed by atoms with van der Waals surface area (Å²) in [6.45, 7) is 3.04. The number of carbonyl (C=O) groups is 1. The Kier molecular flexibility index (Phi) is 4.44. The van der Waals surface area contributed by atoms with Crippen LogP contribution in [0.2, 0.25) is 0 Å². The van der Waals surface area contributed by atoms with Crippen molar-refractivity contribution in [2.75, 3.05) is 38.3 Å². The summed E-state index contributed by atoms with van der Waals surface area (Å²) in [7, 11) is 1.65. The highest BCUT2D eigenvalue weighted by Gasteiger charge is 2.26. The Morgan fingerprint density at radius 3 is 2.86 bits per heavy atom. The minimum atomic E-state index is -0.188. The maximum atomic E-state index is 12.8. The Labute approximate surface area is 167 Å². The topological polar surface area (TPSA) is 76.3 Å². The van der Waals surface area contributed by atoms with E-state index in [0.717, 1.165) is 46.7 Å². The van der Waals surface area contributed by atoms with Gasteiger partial charge in [-0.1, -0.05) is 0 Å². The van der Waals surface area contributed by atoms with E-state index in [1.165, 1.54) is 0 Å². The van der Waals surface area contributed by atoms with Crippen LogP contribution >= 0.6 is 0 Å². The lowest BCUT2D eigenvalue weighted by Crippen LogP contribution is -2.36. The van der Waals surface area contributed by atoms with Gasteiger partial charge in [-0.3, -0.25) is 4.79 Å². The molecule has 3 heterocycles. The molecule has 1 aromatic heterocycles. The number of amides is 1. The van der Waals surface area contributed by atoms with Crippen molar-refractivity contribution in [3.8, 4) is 5.75 Å². The third kappa shape index (κ3) is 3.23. The van der Waals surface area contributed by atoms with Gasteiger partial charge in [0.2, 0.25) is 0 Å². The molecule has 1 N–H and O–H groups in total. The number of anilines is 1. The molecule has 7 nitrogen and oxygen atoms in total. The quantitative estimate of drug-likeness (QED) is 0.741. The zero-order valence-electron chi connectivity index (χ0n) is 16.1. The molecule has 0 saturated carbocycles. The van der Waals surface area contributed by atoms with Gasteiger partial charge in [0.15, 0.2) is 0 Å². The van der Waals surface area contributed by atoms with Crippen LogP contribution in [0.1, 0.15) is 15.9 Å². The number of ether oxygens (including phenoxy) is 2. The standard InChI is InChI=1S/C22H21N3O4/c1-27-19-5-3-17(25-7-10-28-11-8-25)21-16(19)13-20(23-21)24-22(26)15-2-4-18-14(12-15)6-9-29-18/h2-6,9,12H,7-8,10-11,13H2,1H3,(H,23,24,26). The summed E-state index contributed by atoms with van der Waals surface area (Å²) in [6.07, 6.45) is 2.14. The fourth-order valence-corrected chi connectivity index (χ4v) is 3.88. The fourth-order valence-electron chi connectivity index (χ4n) is 3.88. The SMILES string of the molecule is COc1ccc(N2CCOCC2)c2c1CC(NC(=O)c1ccc3occc3c1)=N2. The van der Waals surface area contributed by atoms with E-state index in [-0.39, 0.29) is 5.91 Å². The van der Waals surface area contributed by atoms with E-state index >= 15 is 0 Å². The van der Waals surface area contributed by atoms with Crippen LogP contribution in [-0.2, 0) is 11.2 Å². The van der Waals surface area contributed by atoms with Crippen molar-refractivity contribution in [1.29, 1.82) is 0 Å². The minimum Gasteiger partial charge on any atom is -0.496 e. The van der Waals surface area contributed by atoms with Gasteiger partial charge < -0.3 is 24.1 Å². The molecule has 7 heteroatoms. The number of carbonyl (C=O) groups excluding carboxylic acids is 1. The van der Waals surface area contributed by atoms with Crippen molar-refractivity contribution in [3.05, 3.63) is 53.8 Å². The Bertz CT molecular complexity index is 1110. The molecule has 148 valence electrons. The molecule has 0 aliphatic carbocycles. The molecule has 3 aromatic rings. The number of hydrogen-bond acceptors (Lipinski definition) is 6. The van der Waals surface area contributed by atoms with Crippen molar-refractivity contribution >= 4 is 34.1 Å². The average molecular weight is 391 g/mol. The van der Waals surface area contributed by atoms with E-state index < -0.39 is 0 Å². The number of amidine groups is 1. The molecule has 0 atom stereocenters. The molecule has 2 aliphatic heterocycles. The number of methoxy groups -OCH3 is 1. The second kappa shape index (κ2) is 7.25. The summed E-state index contributed by atoms with van der Waals surface area (Å²) in [6, 6.07) is 11.2. The summed E-state index contributed by atoms with van der Waals surface area (Å²) >= 11 is 0. The number of aliphatic imine (C=N–C) groups is 1. The Balaban J connectivity index is 1.42. The van der Waals surface area contributed by atoms with Gasteiger partial charge in [0.1, 0.15) is 17.2 Å². The zero-order valence-corrected chi connectivity index (χ0v) is 16.1. The zero-order chi connectivity index (χ0) is 19.8. The van der Waals surface area contributed by atoms with Gasteiger partial charge in [-0.2, -0.15) is 0 Å². The summed E-state index contributed by atoms with van der Waals surface area (Å²) in [5.41, 5.74) is 4.24. The van der Waals surface area contributed by atoms with Gasteiger partial charge in [-0.15, -0.1) is 0 Å². The first kappa shape index (κ1) is 17.8. The van der Waals surface area contributed by atoms with Crippen LogP contribution in [0.25, 0.3) is 11.0 Å². The van der Waals surface area contributed by atoms with Gasteiger partial charge >= 0.3 is 0 Å². The maximum Gasteiger partial charge on any atom is 0.256 e. The van der Waals surface area contributed by atoms with E-state index in [0.29, 0.717) is 31.0 Å². The van der Waals surface area contributed by atoms with Crippen molar-refractivity contribution in [2.24, 2.45) is 4.99 Å². The van der Waals surface area contributed by atoms with Gasteiger partial charge in [0.05, 0.1) is 38.0 Å². The number of furan rings is 1. The lowest BCUT2D eigenvalue weighted by Gasteiger charge is -2.30. The van der Waals surface area contributed by atoms with Crippen LogP contribution in [-0.4, -0.2) is 45.2 Å². The average Bonchev–Trinajstić information content (AvgIpc) is 3.39. The normalized spacial score (nSPS) is 15.9. The first-order valence-electron chi connectivity index (χ1n) is 9.61. The van der Waals surface area contributed by atoms with Crippen LogP contribution in [0, 0.1) is 0 Å². The van der Waals surface area contributed by atoms with E-state index in [1.54, 1.807) is 25.5 Å². The number of hydrogen-bond donors (Lipinski definition) is 1. The lowest BCUT2D eigenvalue weighted by molar-refractivity contribution is 0.0976. The predicted molar refractivity (Wildman–Crippen MR) is 111 cm³/mol. The summed E-state index contributed by atoms with van der Waals surface area (Å²) in [5.74, 6) is 1.22. The molecule has 1 saturated heterocycles. The highest BCUT2D eigenvalue weighted by atomic mass is 16.5. The molecule has 1 amide bonds. The number of rotatable bonds is 3. The van der Waals surface area contributed by atoms with E-state index in [1.807, 2.05) is 24.3 Å².